The summed E-state index contributed by atoms with van der Waals surface area (Å²) in [7, 11) is 0. The lowest BCUT2D eigenvalue weighted by Crippen LogP contribution is -2.01. The Hall–Kier alpha value is -1.00. The van der Waals surface area contributed by atoms with E-state index < -0.39 is 0 Å². The second kappa shape index (κ2) is 4.47. The van der Waals surface area contributed by atoms with Crippen molar-refractivity contribution < 1.29 is 0 Å². The molecule has 0 saturated heterocycles. The molecule has 1 aromatic heterocycles. The van der Waals surface area contributed by atoms with Crippen LogP contribution >= 0.6 is 27.5 Å². The van der Waals surface area contributed by atoms with E-state index in [4.69, 9.17) is 17.3 Å². The zero-order valence-electron chi connectivity index (χ0n) is 8.74. The summed E-state index contributed by atoms with van der Waals surface area (Å²) in [5.41, 5.74) is 8.47. The van der Waals surface area contributed by atoms with Gasteiger partial charge in [0.15, 0.2) is 0 Å². The van der Waals surface area contributed by atoms with Crippen molar-refractivity contribution >= 4 is 33.2 Å². The minimum absolute atomic E-state index is 0.672. The summed E-state index contributed by atoms with van der Waals surface area (Å²) < 4.78 is 2.71. The number of nitrogens with two attached hydrogens (primary N) is 1. The third-order valence-corrected chi connectivity index (χ3v) is 3.38. The molecule has 3 nitrogen and oxygen atoms in total. The van der Waals surface area contributed by atoms with Gasteiger partial charge in [-0.25, -0.2) is 0 Å². The monoisotopic (exact) mass is 299 g/mol. The fourth-order valence-corrected chi connectivity index (χ4v) is 1.85. The van der Waals surface area contributed by atoms with Gasteiger partial charge in [-0.1, -0.05) is 17.7 Å². The van der Waals surface area contributed by atoms with E-state index in [1.54, 1.807) is 4.68 Å². The van der Waals surface area contributed by atoms with Crippen LogP contribution in [0.3, 0.4) is 0 Å². The molecule has 2 N–H and O–H groups in total. The maximum Gasteiger partial charge on any atom is 0.0815 e. The van der Waals surface area contributed by atoms with Crippen LogP contribution in [0, 0.1) is 6.92 Å². The smallest absolute Gasteiger partial charge is 0.0815 e. The summed E-state index contributed by atoms with van der Waals surface area (Å²) in [5.74, 6) is 0. The van der Waals surface area contributed by atoms with Gasteiger partial charge < -0.3 is 5.73 Å². The standard InChI is InChI=1S/C11H11BrClN3/c1-7-10(13)6-16(15-7)5-8-2-3-9(12)11(14)4-8/h2-4,6H,5,14H2,1H3. The van der Waals surface area contributed by atoms with Gasteiger partial charge in [0.2, 0.25) is 0 Å². The molecule has 0 bridgehead atoms. The topological polar surface area (TPSA) is 43.8 Å². The summed E-state index contributed by atoms with van der Waals surface area (Å²) in [6.07, 6.45) is 1.81. The first-order valence-electron chi connectivity index (χ1n) is 4.79. The molecule has 0 fully saturated rings. The van der Waals surface area contributed by atoms with E-state index in [1.165, 1.54) is 0 Å². The molecule has 84 valence electrons. The Morgan fingerprint density at radius 1 is 1.50 bits per heavy atom. The van der Waals surface area contributed by atoms with Crippen LogP contribution in [0.2, 0.25) is 5.02 Å². The number of aryl methyl sites for hydroxylation is 1. The van der Waals surface area contributed by atoms with Crippen molar-refractivity contribution in [2.24, 2.45) is 0 Å². The predicted molar refractivity (Wildman–Crippen MR) is 69.6 cm³/mol. The minimum atomic E-state index is 0.672. The third kappa shape index (κ3) is 2.39. The van der Waals surface area contributed by atoms with Crippen molar-refractivity contribution in [3.8, 4) is 0 Å². The Kier molecular flexibility index (Phi) is 3.21. The molecule has 1 aromatic carbocycles. The van der Waals surface area contributed by atoms with E-state index in [0.717, 1.165) is 21.4 Å². The lowest BCUT2D eigenvalue weighted by molar-refractivity contribution is 0.679. The number of nitrogens with zero attached hydrogens (tertiary/aromatic N) is 2. The van der Waals surface area contributed by atoms with E-state index >= 15 is 0 Å². The largest absolute Gasteiger partial charge is 0.398 e. The molecule has 0 aliphatic rings. The van der Waals surface area contributed by atoms with Gasteiger partial charge in [-0.15, -0.1) is 0 Å². The normalized spacial score (nSPS) is 10.7. The number of anilines is 1. The number of halogens is 2. The summed E-state index contributed by atoms with van der Waals surface area (Å²) in [6, 6.07) is 5.86. The third-order valence-electron chi connectivity index (χ3n) is 2.29. The molecule has 2 rings (SSSR count). The molecule has 0 spiro atoms. The van der Waals surface area contributed by atoms with Crippen molar-refractivity contribution in [1.29, 1.82) is 0 Å². The van der Waals surface area contributed by atoms with Crippen LogP contribution in [-0.4, -0.2) is 9.78 Å². The lowest BCUT2D eigenvalue weighted by atomic mass is 10.2. The fraction of sp³-hybridized carbons (Fsp3) is 0.182. The molecule has 0 radical (unpaired) electrons. The van der Waals surface area contributed by atoms with Gasteiger partial charge in [0.05, 0.1) is 17.3 Å². The van der Waals surface area contributed by atoms with E-state index in [-0.39, 0.29) is 0 Å². The number of aromatic nitrogens is 2. The first-order valence-corrected chi connectivity index (χ1v) is 5.97. The van der Waals surface area contributed by atoms with E-state index in [2.05, 4.69) is 21.0 Å². The van der Waals surface area contributed by atoms with Crippen LogP contribution < -0.4 is 5.73 Å². The van der Waals surface area contributed by atoms with Crippen LogP contribution in [0.4, 0.5) is 5.69 Å². The van der Waals surface area contributed by atoms with Gasteiger partial charge in [-0.2, -0.15) is 5.10 Å². The molecule has 0 amide bonds. The Morgan fingerprint density at radius 3 is 2.81 bits per heavy atom. The van der Waals surface area contributed by atoms with Crippen molar-refractivity contribution in [1.82, 2.24) is 9.78 Å². The number of hydrogen-bond donors (Lipinski definition) is 1. The van der Waals surface area contributed by atoms with Gasteiger partial charge in [0, 0.05) is 16.4 Å². The van der Waals surface area contributed by atoms with E-state index in [9.17, 15) is 0 Å². The average Bonchev–Trinajstić information content (AvgIpc) is 2.52. The van der Waals surface area contributed by atoms with Gasteiger partial charge in [-0.05, 0) is 40.5 Å². The number of benzene rings is 1. The Balaban J connectivity index is 2.23. The predicted octanol–water partition coefficient (Wildman–Crippen LogP) is 3.24. The van der Waals surface area contributed by atoms with Crippen LogP contribution in [0.1, 0.15) is 11.3 Å². The van der Waals surface area contributed by atoms with Crippen LogP contribution in [-0.2, 0) is 6.54 Å². The van der Waals surface area contributed by atoms with Crippen molar-refractivity contribution in [2.45, 2.75) is 13.5 Å². The highest BCUT2D eigenvalue weighted by atomic mass is 79.9. The van der Waals surface area contributed by atoms with Crippen LogP contribution in [0.5, 0.6) is 0 Å². The summed E-state index contributed by atoms with van der Waals surface area (Å²) in [4.78, 5) is 0. The highest BCUT2D eigenvalue weighted by Crippen LogP contribution is 2.21. The zero-order valence-corrected chi connectivity index (χ0v) is 11.1. The Morgan fingerprint density at radius 2 is 2.25 bits per heavy atom. The van der Waals surface area contributed by atoms with Crippen LogP contribution in [0.15, 0.2) is 28.9 Å². The molecular weight excluding hydrogens is 289 g/mol. The molecule has 0 aliphatic carbocycles. The zero-order chi connectivity index (χ0) is 11.7. The lowest BCUT2D eigenvalue weighted by Gasteiger charge is -2.04. The van der Waals surface area contributed by atoms with Crippen molar-refractivity contribution in [3.05, 3.63) is 45.1 Å². The molecule has 0 aliphatic heterocycles. The highest BCUT2D eigenvalue weighted by Gasteiger charge is 2.03. The maximum absolute atomic E-state index is 5.94. The summed E-state index contributed by atoms with van der Waals surface area (Å²) >= 11 is 9.30. The molecule has 0 saturated carbocycles. The van der Waals surface area contributed by atoms with Crippen LogP contribution in [0.25, 0.3) is 0 Å². The first-order chi connectivity index (χ1) is 7.56. The highest BCUT2D eigenvalue weighted by molar-refractivity contribution is 9.10. The number of hydrogen-bond acceptors (Lipinski definition) is 2. The molecule has 16 heavy (non-hydrogen) atoms. The number of rotatable bonds is 2. The Labute approximate surface area is 107 Å². The average molecular weight is 301 g/mol. The first kappa shape index (κ1) is 11.5. The van der Waals surface area contributed by atoms with Crippen molar-refractivity contribution in [2.75, 3.05) is 5.73 Å². The van der Waals surface area contributed by atoms with Gasteiger partial charge in [0.25, 0.3) is 0 Å². The Bertz CT molecular complexity index is 502. The molecular formula is C11H11BrClN3. The molecule has 0 unspecified atom stereocenters. The second-order valence-corrected chi connectivity index (χ2v) is 4.88. The summed E-state index contributed by atoms with van der Waals surface area (Å²) in [5, 5.41) is 4.98. The van der Waals surface area contributed by atoms with Crippen molar-refractivity contribution in [3.63, 3.8) is 0 Å². The van der Waals surface area contributed by atoms with E-state index in [1.807, 2.05) is 31.3 Å². The second-order valence-electron chi connectivity index (χ2n) is 3.62. The molecule has 5 heteroatoms. The molecule has 0 atom stereocenters. The maximum atomic E-state index is 5.94. The quantitative estimate of drug-likeness (QED) is 0.865. The van der Waals surface area contributed by atoms with Gasteiger partial charge in [0.1, 0.15) is 0 Å². The van der Waals surface area contributed by atoms with Gasteiger partial charge in [-0.3, -0.25) is 4.68 Å². The fourth-order valence-electron chi connectivity index (χ4n) is 1.45. The van der Waals surface area contributed by atoms with Gasteiger partial charge >= 0.3 is 0 Å². The molecule has 1 heterocycles. The number of nitrogen functional groups attached to an aromatic ring is 1. The molecule has 2 aromatic rings. The summed E-state index contributed by atoms with van der Waals surface area (Å²) in [6.45, 7) is 2.56. The minimum Gasteiger partial charge on any atom is -0.398 e. The SMILES string of the molecule is Cc1nn(Cc2ccc(Br)c(N)c2)cc1Cl. The van der Waals surface area contributed by atoms with E-state index in [0.29, 0.717) is 11.6 Å².